The van der Waals surface area contributed by atoms with Crippen LogP contribution in [0.25, 0.3) is 0 Å². The lowest BCUT2D eigenvalue weighted by atomic mass is 10.1. The van der Waals surface area contributed by atoms with Crippen molar-refractivity contribution in [1.29, 1.82) is 0 Å². The Hall–Kier alpha value is -3.67. The van der Waals surface area contributed by atoms with Crippen LogP contribution in [-0.4, -0.2) is 23.9 Å². The molecule has 1 heterocycles. The van der Waals surface area contributed by atoms with Crippen molar-refractivity contribution in [2.75, 3.05) is 12.4 Å². The number of benzene rings is 2. The molecule has 6 heteroatoms. The van der Waals surface area contributed by atoms with Crippen molar-refractivity contribution in [3.63, 3.8) is 0 Å². The Morgan fingerprint density at radius 2 is 1.57 bits per heavy atom. The summed E-state index contributed by atoms with van der Waals surface area (Å²) in [5, 5.41) is 5.62. The van der Waals surface area contributed by atoms with E-state index in [1.807, 2.05) is 55.5 Å². The predicted molar refractivity (Wildman–Crippen MR) is 108 cm³/mol. The maximum atomic E-state index is 12.4. The lowest BCUT2D eigenvalue weighted by Crippen LogP contribution is -2.23. The Balaban J connectivity index is 1.63. The molecule has 6 nitrogen and oxygen atoms in total. The first kappa shape index (κ1) is 19.1. The highest BCUT2D eigenvalue weighted by atomic mass is 16.5. The molecule has 0 bridgehead atoms. The van der Waals surface area contributed by atoms with Crippen molar-refractivity contribution in [3.05, 3.63) is 89.2 Å². The van der Waals surface area contributed by atoms with Crippen LogP contribution in [0.1, 0.15) is 31.8 Å². The molecule has 0 atom stereocenters. The van der Waals surface area contributed by atoms with Gasteiger partial charge >= 0.3 is 0 Å². The topological polar surface area (TPSA) is 80.3 Å². The van der Waals surface area contributed by atoms with E-state index in [2.05, 4.69) is 15.6 Å². The Labute approximate surface area is 163 Å². The molecule has 0 fully saturated rings. The highest BCUT2D eigenvalue weighted by molar-refractivity contribution is 6.05. The molecule has 28 heavy (non-hydrogen) atoms. The molecule has 2 N–H and O–H groups in total. The number of amides is 2. The van der Waals surface area contributed by atoms with Gasteiger partial charge in [-0.1, -0.05) is 29.8 Å². The molecule has 1 aromatic heterocycles. The summed E-state index contributed by atoms with van der Waals surface area (Å²) in [6.45, 7) is 2.34. The lowest BCUT2D eigenvalue weighted by molar-refractivity contribution is 0.0950. The number of aromatic nitrogens is 1. The Morgan fingerprint density at radius 3 is 2.21 bits per heavy atom. The molecule has 3 rings (SSSR count). The number of nitrogens with one attached hydrogen (secondary N) is 2. The lowest BCUT2D eigenvalue weighted by Gasteiger charge is -2.08. The number of rotatable bonds is 6. The molecular formula is C22H21N3O3. The number of anilines is 1. The predicted octanol–water partition coefficient (Wildman–Crippen LogP) is 3.58. The molecule has 0 unspecified atom stereocenters. The first-order valence-corrected chi connectivity index (χ1v) is 8.79. The van der Waals surface area contributed by atoms with Crippen LogP contribution >= 0.6 is 0 Å². The van der Waals surface area contributed by atoms with Gasteiger partial charge in [0.25, 0.3) is 11.8 Å². The van der Waals surface area contributed by atoms with Crippen LogP contribution in [0.15, 0.2) is 67.0 Å². The second-order valence-corrected chi connectivity index (χ2v) is 6.31. The second kappa shape index (κ2) is 8.81. The number of hydrogen-bond acceptors (Lipinski definition) is 4. The van der Waals surface area contributed by atoms with Crippen LogP contribution in [0, 0.1) is 6.92 Å². The van der Waals surface area contributed by atoms with Crippen molar-refractivity contribution in [2.24, 2.45) is 0 Å². The fraction of sp³-hybridized carbons (Fsp3) is 0.136. The summed E-state index contributed by atoms with van der Waals surface area (Å²) in [6.07, 6.45) is 2.87. The van der Waals surface area contributed by atoms with Gasteiger partial charge in [-0.15, -0.1) is 0 Å². The summed E-state index contributed by atoms with van der Waals surface area (Å²) in [5.74, 6) is 0.140. The highest BCUT2D eigenvalue weighted by Crippen LogP contribution is 2.13. The van der Waals surface area contributed by atoms with Crippen LogP contribution in [0.2, 0.25) is 0 Å². The molecule has 0 saturated heterocycles. The molecule has 0 saturated carbocycles. The molecule has 2 amide bonds. The maximum Gasteiger partial charge on any atom is 0.257 e. The fourth-order valence-electron chi connectivity index (χ4n) is 2.56. The minimum absolute atomic E-state index is 0.298. The van der Waals surface area contributed by atoms with Gasteiger partial charge in [-0.05, 0) is 42.8 Å². The molecule has 0 radical (unpaired) electrons. The minimum atomic E-state index is -0.318. The van der Waals surface area contributed by atoms with Gasteiger partial charge in [0.2, 0.25) is 0 Å². The van der Waals surface area contributed by atoms with Gasteiger partial charge in [0.05, 0.1) is 18.2 Å². The number of carbonyl (C=O) groups is 2. The van der Waals surface area contributed by atoms with Crippen LogP contribution in [0.5, 0.6) is 5.75 Å². The Kier molecular flexibility index (Phi) is 6.01. The molecule has 0 aliphatic carbocycles. The normalized spacial score (nSPS) is 10.2. The van der Waals surface area contributed by atoms with Gasteiger partial charge in [0, 0.05) is 24.6 Å². The number of hydrogen-bond donors (Lipinski definition) is 2. The third-order valence-corrected chi connectivity index (χ3v) is 4.18. The molecule has 142 valence electrons. The van der Waals surface area contributed by atoms with Gasteiger partial charge in [0.1, 0.15) is 5.75 Å². The summed E-state index contributed by atoms with van der Waals surface area (Å²) in [5.41, 5.74) is 3.37. The number of pyridine rings is 1. The number of ether oxygens (including phenoxy) is 1. The van der Waals surface area contributed by atoms with E-state index in [0.29, 0.717) is 23.4 Å². The third-order valence-electron chi connectivity index (χ3n) is 4.18. The van der Waals surface area contributed by atoms with Crippen molar-refractivity contribution in [3.8, 4) is 5.75 Å². The highest BCUT2D eigenvalue weighted by Gasteiger charge is 2.12. The van der Waals surface area contributed by atoms with Gasteiger partial charge in [-0.3, -0.25) is 14.6 Å². The van der Waals surface area contributed by atoms with E-state index >= 15 is 0 Å². The first-order chi connectivity index (χ1) is 13.5. The van der Waals surface area contributed by atoms with E-state index in [-0.39, 0.29) is 11.8 Å². The van der Waals surface area contributed by atoms with Gasteiger partial charge < -0.3 is 15.4 Å². The van der Waals surface area contributed by atoms with Gasteiger partial charge in [-0.2, -0.15) is 0 Å². The standard InChI is InChI=1S/C22H21N3O3/c1-15-3-7-19(8-4-15)25-22(27)18-11-17(13-23-14-18)21(26)24-12-16-5-9-20(28-2)10-6-16/h3-11,13-14H,12H2,1-2H3,(H,24,26)(H,25,27). The maximum absolute atomic E-state index is 12.4. The van der Waals surface area contributed by atoms with Crippen molar-refractivity contribution >= 4 is 17.5 Å². The van der Waals surface area contributed by atoms with E-state index in [0.717, 1.165) is 16.9 Å². The molecule has 0 aliphatic heterocycles. The van der Waals surface area contributed by atoms with E-state index in [4.69, 9.17) is 4.74 Å². The molecule has 0 spiro atoms. The van der Waals surface area contributed by atoms with Crippen LogP contribution in [0.4, 0.5) is 5.69 Å². The molecule has 0 aliphatic rings. The van der Waals surface area contributed by atoms with E-state index < -0.39 is 0 Å². The summed E-state index contributed by atoms with van der Waals surface area (Å²) in [7, 11) is 1.60. The Morgan fingerprint density at radius 1 is 0.929 bits per heavy atom. The quantitative estimate of drug-likeness (QED) is 0.690. The van der Waals surface area contributed by atoms with Crippen LogP contribution in [-0.2, 0) is 6.54 Å². The van der Waals surface area contributed by atoms with E-state index in [9.17, 15) is 9.59 Å². The molecule has 3 aromatic rings. The number of methoxy groups -OCH3 is 1. The largest absolute Gasteiger partial charge is 0.497 e. The van der Waals surface area contributed by atoms with Crippen LogP contribution < -0.4 is 15.4 Å². The zero-order valence-corrected chi connectivity index (χ0v) is 15.7. The summed E-state index contributed by atoms with van der Waals surface area (Å²) >= 11 is 0. The van der Waals surface area contributed by atoms with Crippen molar-refractivity contribution < 1.29 is 14.3 Å². The molecule has 2 aromatic carbocycles. The van der Waals surface area contributed by atoms with Crippen molar-refractivity contribution in [2.45, 2.75) is 13.5 Å². The average molecular weight is 375 g/mol. The smallest absolute Gasteiger partial charge is 0.257 e. The molecular weight excluding hydrogens is 354 g/mol. The van der Waals surface area contributed by atoms with E-state index in [1.165, 1.54) is 18.5 Å². The second-order valence-electron chi connectivity index (χ2n) is 6.31. The number of aryl methyl sites for hydroxylation is 1. The summed E-state index contributed by atoms with van der Waals surface area (Å²) < 4.78 is 5.11. The van der Waals surface area contributed by atoms with Crippen LogP contribution in [0.3, 0.4) is 0 Å². The van der Waals surface area contributed by atoms with Crippen molar-refractivity contribution in [1.82, 2.24) is 10.3 Å². The zero-order chi connectivity index (χ0) is 19.9. The average Bonchev–Trinajstić information content (AvgIpc) is 2.74. The first-order valence-electron chi connectivity index (χ1n) is 8.79. The summed E-state index contributed by atoms with van der Waals surface area (Å²) in [4.78, 5) is 28.8. The Bertz CT molecular complexity index is 967. The number of carbonyl (C=O) groups excluding carboxylic acids is 2. The van der Waals surface area contributed by atoms with Gasteiger partial charge in [0.15, 0.2) is 0 Å². The third kappa shape index (κ3) is 4.94. The fourth-order valence-corrected chi connectivity index (χ4v) is 2.56. The number of nitrogens with zero attached hydrogens (tertiary/aromatic N) is 1. The summed E-state index contributed by atoms with van der Waals surface area (Å²) in [6, 6.07) is 16.4. The SMILES string of the molecule is COc1ccc(CNC(=O)c2cncc(C(=O)Nc3ccc(C)cc3)c2)cc1. The monoisotopic (exact) mass is 375 g/mol. The minimum Gasteiger partial charge on any atom is -0.497 e. The van der Waals surface area contributed by atoms with E-state index in [1.54, 1.807) is 7.11 Å². The zero-order valence-electron chi connectivity index (χ0n) is 15.7. The van der Waals surface area contributed by atoms with Gasteiger partial charge in [-0.25, -0.2) is 0 Å².